The second-order valence-corrected chi connectivity index (χ2v) is 9.69. The molecule has 0 N–H and O–H groups in total. The Morgan fingerprint density at radius 2 is 1.91 bits per heavy atom. The van der Waals surface area contributed by atoms with Gasteiger partial charge in [0.25, 0.3) is 0 Å². The first-order valence-electron chi connectivity index (χ1n) is 11.6. The van der Waals surface area contributed by atoms with Gasteiger partial charge in [-0.3, -0.25) is 4.79 Å². The molecule has 0 aliphatic carbocycles. The molecule has 0 bridgehead atoms. The number of halogens is 1. The number of benzene rings is 1. The van der Waals surface area contributed by atoms with Crippen molar-refractivity contribution in [1.82, 2.24) is 19.4 Å². The van der Waals surface area contributed by atoms with Crippen molar-refractivity contribution >= 4 is 40.3 Å². The average Bonchev–Trinajstić information content (AvgIpc) is 3.17. The Morgan fingerprint density at radius 3 is 2.57 bits per heavy atom. The molecule has 1 aliphatic rings. The first-order valence-corrected chi connectivity index (χ1v) is 12.0. The number of ether oxygens (including phenoxy) is 2. The summed E-state index contributed by atoms with van der Waals surface area (Å²) in [5, 5.41) is 1.40. The predicted molar refractivity (Wildman–Crippen MR) is 135 cm³/mol. The quantitative estimate of drug-likeness (QED) is 0.443. The first-order chi connectivity index (χ1) is 16.7. The molecule has 2 aromatic heterocycles. The molecule has 0 fully saturated rings. The molecular weight excluding hydrogens is 468 g/mol. The zero-order valence-corrected chi connectivity index (χ0v) is 21.1. The van der Waals surface area contributed by atoms with E-state index in [1.807, 2.05) is 57.3 Å². The third kappa shape index (κ3) is 5.48. The van der Waals surface area contributed by atoms with E-state index in [1.165, 1.54) is 6.33 Å². The average molecular weight is 497 g/mol. The summed E-state index contributed by atoms with van der Waals surface area (Å²) < 4.78 is 12.4. The fraction of sp³-hybridized carbons (Fsp3) is 0.385. The molecule has 8 nitrogen and oxygen atoms in total. The Morgan fingerprint density at radius 1 is 1.14 bits per heavy atom. The Hall–Kier alpha value is -3.39. The van der Waals surface area contributed by atoms with E-state index in [0.717, 1.165) is 27.8 Å². The van der Waals surface area contributed by atoms with Crippen LogP contribution in [0.1, 0.15) is 39.8 Å². The molecule has 1 aromatic carbocycles. The summed E-state index contributed by atoms with van der Waals surface area (Å²) in [4.78, 5) is 35.6. The second-order valence-electron chi connectivity index (χ2n) is 9.28. The van der Waals surface area contributed by atoms with Gasteiger partial charge < -0.3 is 18.9 Å². The van der Waals surface area contributed by atoms with Gasteiger partial charge in [0.1, 0.15) is 24.1 Å². The van der Waals surface area contributed by atoms with Crippen LogP contribution in [-0.2, 0) is 20.8 Å². The number of amides is 1. The van der Waals surface area contributed by atoms with E-state index in [9.17, 15) is 9.59 Å². The summed E-state index contributed by atoms with van der Waals surface area (Å²) in [7, 11) is 0. The Bertz CT molecular complexity index is 1290. The van der Waals surface area contributed by atoms with E-state index in [2.05, 4.69) is 9.97 Å². The van der Waals surface area contributed by atoms with Crippen LogP contribution in [0.2, 0.25) is 5.02 Å². The number of rotatable bonds is 5. The molecule has 1 amide bonds. The van der Waals surface area contributed by atoms with Crippen LogP contribution in [0.3, 0.4) is 0 Å². The maximum Gasteiger partial charge on any atom is 0.410 e. The lowest BCUT2D eigenvalue weighted by atomic mass is 9.98. The number of fused-ring (bicyclic) bond motifs is 1. The van der Waals surface area contributed by atoms with Crippen LogP contribution in [0.4, 0.5) is 4.79 Å². The smallest absolute Gasteiger partial charge is 0.410 e. The molecule has 3 heterocycles. The molecule has 9 heteroatoms. The summed E-state index contributed by atoms with van der Waals surface area (Å²) in [5.74, 6) is -0.347. The molecule has 4 rings (SSSR count). The summed E-state index contributed by atoms with van der Waals surface area (Å²) in [6.07, 6.45) is 5.64. The largest absolute Gasteiger partial charge is 0.465 e. The molecule has 0 atom stereocenters. The standard InChI is InChI=1S/C26H29ClN4O4/c1-5-34-21(32)15-31-14-19(18-8-6-7-9-20(18)27)22-23(28-16-29-24(22)31)17-10-12-30(13-11-17)25(33)35-26(2,3)4/h6-10,14,16H,5,11-13,15H2,1-4H3. The van der Waals surface area contributed by atoms with Crippen LogP contribution in [0.5, 0.6) is 0 Å². The lowest BCUT2D eigenvalue weighted by Crippen LogP contribution is -2.39. The van der Waals surface area contributed by atoms with Gasteiger partial charge in [0.05, 0.1) is 17.7 Å². The zero-order chi connectivity index (χ0) is 25.2. The van der Waals surface area contributed by atoms with E-state index in [4.69, 9.17) is 21.1 Å². The Kier molecular flexibility index (Phi) is 7.12. The number of esters is 1. The number of hydrogen-bond acceptors (Lipinski definition) is 6. The van der Waals surface area contributed by atoms with Crippen molar-refractivity contribution in [2.75, 3.05) is 19.7 Å². The summed E-state index contributed by atoms with van der Waals surface area (Å²) in [6, 6.07) is 7.54. The topological polar surface area (TPSA) is 86.5 Å². The minimum Gasteiger partial charge on any atom is -0.465 e. The third-order valence-corrected chi connectivity index (χ3v) is 5.92. The highest BCUT2D eigenvalue weighted by atomic mass is 35.5. The molecule has 3 aromatic rings. The molecule has 0 saturated heterocycles. The fourth-order valence-corrected chi connectivity index (χ4v) is 4.33. The number of aromatic nitrogens is 3. The van der Waals surface area contributed by atoms with Crippen molar-refractivity contribution in [2.45, 2.75) is 46.3 Å². The fourth-order valence-electron chi connectivity index (χ4n) is 4.09. The number of carbonyl (C=O) groups excluding carboxylic acids is 2. The van der Waals surface area contributed by atoms with Crippen LogP contribution in [0.25, 0.3) is 27.7 Å². The summed E-state index contributed by atoms with van der Waals surface area (Å²) >= 11 is 6.55. The minimum atomic E-state index is -0.550. The van der Waals surface area contributed by atoms with Crippen molar-refractivity contribution in [3.8, 4) is 11.1 Å². The van der Waals surface area contributed by atoms with Gasteiger partial charge in [-0.25, -0.2) is 14.8 Å². The highest BCUT2D eigenvalue weighted by molar-refractivity contribution is 6.33. The Labute approximate surface area is 209 Å². The molecule has 184 valence electrons. The van der Waals surface area contributed by atoms with Crippen molar-refractivity contribution in [3.63, 3.8) is 0 Å². The van der Waals surface area contributed by atoms with E-state index in [0.29, 0.717) is 36.8 Å². The number of nitrogens with zero attached hydrogens (tertiary/aromatic N) is 4. The first kappa shape index (κ1) is 24.7. The van der Waals surface area contributed by atoms with E-state index >= 15 is 0 Å². The van der Waals surface area contributed by atoms with Crippen LogP contribution in [0, 0.1) is 0 Å². The van der Waals surface area contributed by atoms with Gasteiger partial charge in [0, 0.05) is 35.4 Å². The van der Waals surface area contributed by atoms with Crippen LogP contribution in [0.15, 0.2) is 42.9 Å². The summed E-state index contributed by atoms with van der Waals surface area (Å²) in [5.41, 5.74) is 3.49. The normalized spacial score (nSPS) is 14.1. The van der Waals surface area contributed by atoms with Crippen molar-refractivity contribution in [2.24, 2.45) is 0 Å². The van der Waals surface area contributed by atoms with Gasteiger partial charge in [-0.1, -0.05) is 35.9 Å². The molecule has 0 saturated carbocycles. The van der Waals surface area contributed by atoms with Crippen molar-refractivity contribution in [3.05, 3.63) is 53.6 Å². The second kappa shape index (κ2) is 10.1. The SMILES string of the molecule is CCOC(=O)Cn1cc(-c2ccccc2Cl)c2c(C3=CCN(C(=O)OC(C)(C)C)CC3)ncnc21. The van der Waals surface area contributed by atoms with E-state index in [-0.39, 0.29) is 18.6 Å². The number of hydrogen-bond donors (Lipinski definition) is 0. The predicted octanol–water partition coefficient (Wildman–Crippen LogP) is 5.34. The Balaban J connectivity index is 1.77. The lowest BCUT2D eigenvalue weighted by Gasteiger charge is -2.29. The maximum absolute atomic E-state index is 12.5. The van der Waals surface area contributed by atoms with Crippen molar-refractivity contribution < 1.29 is 19.1 Å². The lowest BCUT2D eigenvalue weighted by molar-refractivity contribution is -0.143. The molecule has 1 aliphatic heterocycles. The van der Waals surface area contributed by atoms with Gasteiger partial charge >= 0.3 is 12.1 Å². The molecule has 0 radical (unpaired) electrons. The third-order valence-electron chi connectivity index (χ3n) is 5.59. The molecular formula is C26H29ClN4O4. The van der Waals surface area contributed by atoms with Crippen LogP contribution < -0.4 is 0 Å². The molecule has 35 heavy (non-hydrogen) atoms. The van der Waals surface area contributed by atoms with Gasteiger partial charge in [-0.2, -0.15) is 0 Å². The molecule has 0 spiro atoms. The van der Waals surface area contributed by atoms with Crippen LogP contribution in [-0.4, -0.2) is 56.8 Å². The van der Waals surface area contributed by atoms with Crippen LogP contribution >= 0.6 is 11.6 Å². The van der Waals surface area contributed by atoms with E-state index in [1.54, 1.807) is 16.4 Å². The van der Waals surface area contributed by atoms with E-state index < -0.39 is 5.60 Å². The summed E-state index contributed by atoms with van der Waals surface area (Å²) in [6.45, 7) is 8.59. The van der Waals surface area contributed by atoms with Gasteiger partial charge in [-0.15, -0.1) is 0 Å². The van der Waals surface area contributed by atoms with Gasteiger partial charge in [0.2, 0.25) is 0 Å². The highest BCUT2D eigenvalue weighted by Gasteiger charge is 2.26. The highest BCUT2D eigenvalue weighted by Crippen LogP contribution is 2.38. The molecule has 0 unspecified atom stereocenters. The minimum absolute atomic E-state index is 0.0245. The maximum atomic E-state index is 12.5. The monoisotopic (exact) mass is 496 g/mol. The van der Waals surface area contributed by atoms with Gasteiger partial charge in [0.15, 0.2) is 0 Å². The number of carbonyl (C=O) groups is 2. The van der Waals surface area contributed by atoms with Crippen molar-refractivity contribution in [1.29, 1.82) is 0 Å². The zero-order valence-electron chi connectivity index (χ0n) is 20.4. The van der Waals surface area contributed by atoms with Gasteiger partial charge in [-0.05, 0) is 45.8 Å².